The van der Waals surface area contributed by atoms with Crippen molar-refractivity contribution in [3.63, 3.8) is 0 Å². The maximum atomic E-state index is 11.9. The van der Waals surface area contributed by atoms with Gasteiger partial charge in [-0.05, 0) is 31.2 Å². The van der Waals surface area contributed by atoms with Gasteiger partial charge in [-0.2, -0.15) is 0 Å². The quantitative estimate of drug-likeness (QED) is 0.883. The van der Waals surface area contributed by atoms with E-state index in [0.717, 1.165) is 17.9 Å². The largest absolute Gasteiger partial charge is 0.469 e. The van der Waals surface area contributed by atoms with Gasteiger partial charge >= 0.3 is 0 Å². The van der Waals surface area contributed by atoms with Crippen LogP contribution in [0.1, 0.15) is 35.9 Å². The van der Waals surface area contributed by atoms with E-state index in [1.807, 2.05) is 32.0 Å². The van der Waals surface area contributed by atoms with Gasteiger partial charge in [0.25, 0.3) is 5.91 Å². The smallest absolute Gasteiger partial charge is 0.287 e. The van der Waals surface area contributed by atoms with Crippen LogP contribution in [-0.2, 0) is 12.8 Å². The highest BCUT2D eigenvalue weighted by atomic mass is 16.4. The Morgan fingerprint density at radius 2 is 2.17 bits per heavy atom. The molecule has 4 nitrogen and oxygen atoms in total. The van der Waals surface area contributed by atoms with Gasteiger partial charge in [0, 0.05) is 18.9 Å². The van der Waals surface area contributed by atoms with Gasteiger partial charge in [-0.3, -0.25) is 4.79 Å². The second-order valence-electron chi connectivity index (χ2n) is 4.28. The molecule has 0 aliphatic rings. The molecule has 0 radical (unpaired) electrons. The number of nitrogens with one attached hydrogen (secondary N) is 1. The van der Waals surface area contributed by atoms with Crippen LogP contribution in [0.2, 0.25) is 0 Å². The highest BCUT2D eigenvalue weighted by Crippen LogP contribution is 2.09. The van der Waals surface area contributed by atoms with Gasteiger partial charge in [-0.15, -0.1) is 0 Å². The van der Waals surface area contributed by atoms with E-state index in [0.29, 0.717) is 12.2 Å². The first-order valence-corrected chi connectivity index (χ1v) is 6.11. The van der Waals surface area contributed by atoms with Crippen LogP contribution in [-0.4, -0.2) is 11.9 Å². The molecule has 0 aliphatic heterocycles. The SMILES string of the molecule is CCc1ccc(C(=O)N[C@H](C)Cc2ccco2)o1. The molecular weight excluding hydrogens is 230 g/mol. The normalized spacial score (nSPS) is 12.3. The molecule has 0 fully saturated rings. The van der Waals surface area contributed by atoms with Crippen molar-refractivity contribution >= 4 is 5.91 Å². The summed E-state index contributed by atoms with van der Waals surface area (Å²) in [6.07, 6.45) is 3.08. The van der Waals surface area contributed by atoms with E-state index in [1.54, 1.807) is 12.3 Å². The van der Waals surface area contributed by atoms with E-state index < -0.39 is 0 Å². The summed E-state index contributed by atoms with van der Waals surface area (Å²) >= 11 is 0. The fourth-order valence-corrected chi connectivity index (χ4v) is 1.77. The van der Waals surface area contributed by atoms with Crippen LogP contribution >= 0.6 is 0 Å². The lowest BCUT2D eigenvalue weighted by Gasteiger charge is -2.11. The number of carbonyl (C=O) groups is 1. The Kier molecular flexibility index (Phi) is 3.87. The molecule has 1 N–H and O–H groups in total. The number of hydrogen-bond acceptors (Lipinski definition) is 3. The summed E-state index contributed by atoms with van der Waals surface area (Å²) < 4.78 is 10.6. The Hall–Kier alpha value is -1.97. The van der Waals surface area contributed by atoms with E-state index in [4.69, 9.17) is 8.83 Å². The van der Waals surface area contributed by atoms with Gasteiger partial charge in [-0.1, -0.05) is 6.92 Å². The van der Waals surface area contributed by atoms with Crippen molar-refractivity contribution in [1.29, 1.82) is 0 Å². The number of aryl methyl sites for hydroxylation is 1. The summed E-state index contributed by atoms with van der Waals surface area (Å²) in [5, 5.41) is 2.88. The third-order valence-electron chi connectivity index (χ3n) is 2.70. The molecule has 1 atom stereocenters. The van der Waals surface area contributed by atoms with Gasteiger partial charge in [0.1, 0.15) is 11.5 Å². The fraction of sp³-hybridized carbons (Fsp3) is 0.357. The van der Waals surface area contributed by atoms with Crippen molar-refractivity contribution in [1.82, 2.24) is 5.32 Å². The van der Waals surface area contributed by atoms with Crippen molar-refractivity contribution in [2.45, 2.75) is 32.7 Å². The molecule has 0 aliphatic carbocycles. The molecule has 0 saturated heterocycles. The number of rotatable bonds is 5. The van der Waals surface area contributed by atoms with E-state index in [-0.39, 0.29) is 11.9 Å². The summed E-state index contributed by atoms with van der Waals surface area (Å²) in [6.45, 7) is 3.92. The highest BCUT2D eigenvalue weighted by molar-refractivity contribution is 5.91. The molecule has 18 heavy (non-hydrogen) atoms. The van der Waals surface area contributed by atoms with Gasteiger partial charge in [0.2, 0.25) is 0 Å². The second-order valence-corrected chi connectivity index (χ2v) is 4.28. The van der Waals surface area contributed by atoms with Gasteiger partial charge in [0.15, 0.2) is 5.76 Å². The van der Waals surface area contributed by atoms with Crippen LogP contribution < -0.4 is 5.32 Å². The summed E-state index contributed by atoms with van der Waals surface area (Å²) in [7, 11) is 0. The van der Waals surface area contributed by atoms with Crippen LogP contribution in [0.3, 0.4) is 0 Å². The summed E-state index contributed by atoms with van der Waals surface area (Å²) in [4.78, 5) is 11.9. The maximum Gasteiger partial charge on any atom is 0.287 e. The molecule has 0 saturated carbocycles. The van der Waals surface area contributed by atoms with Crippen molar-refractivity contribution in [3.05, 3.63) is 47.8 Å². The fourth-order valence-electron chi connectivity index (χ4n) is 1.77. The lowest BCUT2D eigenvalue weighted by Crippen LogP contribution is -2.33. The molecule has 0 spiro atoms. The number of furan rings is 2. The minimum absolute atomic E-state index is 0.00109. The van der Waals surface area contributed by atoms with E-state index in [2.05, 4.69) is 5.32 Å². The Balaban J connectivity index is 1.90. The molecule has 2 rings (SSSR count). The van der Waals surface area contributed by atoms with Crippen LogP contribution in [0.4, 0.5) is 0 Å². The molecule has 2 aromatic rings. The highest BCUT2D eigenvalue weighted by Gasteiger charge is 2.14. The Labute approximate surface area is 106 Å². The van der Waals surface area contributed by atoms with E-state index in [1.165, 1.54) is 0 Å². The van der Waals surface area contributed by atoms with Gasteiger partial charge in [-0.25, -0.2) is 0 Å². The van der Waals surface area contributed by atoms with Gasteiger partial charge in [0.05, 0.1) is 6.26 Å². The van der Waals surface area contributed by atoms with Crippen LogP contribution in [0.25, 0.3) is 0 Å². The molecule has 4 heteroatoms. The van der Waals surface area contributed by atoms with Crippen molar-refractivity contribution in [2.24, 2.45) is 0 Å². The van der Waals surface area contributed by atoms with Gasteiger partial charge < -0.3 is 14.2 Å². The lowest BCUT2D eigenvalue weighted by atomic mass is 10.2. The zero-order valence-electron chi connectivity index (χ0n) is 10.6. The topological polar surface area (TPSA) is 55.4 Å². The summed E-state index contributed by atoms with van der Waals surface area (Å²) in [6, 6.07) is 7.26. The molecule has 96 valence electrons. The lowest BCUT2D eigenvalue weighted by molar-refractivity contribution is 0.0909. The molecular formula is C14H17NO3. The van der Waals surface area contributed by atoms with Crippen LogP contribution in [0.15, 0.2) is 39.4 Å². The molecule has 2 heterocycles. The molecule has 0 aromatic carbocycles. The zero-order chi connectivity index (χ0) is 13.0. The second kappa shape index (κ2) is 5.58. The predicted octanol–water partition coefficient (Wildman–Crippen LogP) is 2.80. The zero-order valence-corrected chi connectivity index (χ0v) is 10.6. The molecule has 0 bridgehead atoms. The number of amides is 1. The Bertz CT molecular complexity index is 499. The van der Waals surface area contributed by atoms with Crippen molar-refractivity contribution in [2.75, 3.05) is 0 Å². The Morgan fingerprint density at radius 3 is 2.78 bits per heavy atom. The average molecular weight is 247 g/mol. The first-order chi connectivity index (χ1) is 8.69. The first-order valence-electron chi connectivity index (χ1n) is 6.11. The minimum atomic E-state index is -0.186. The van der Waals surface area contributed by atoms with Crippen molar-refractivity contribution in [3.8, 4) is 0 Å². The third kappa shape index (κ3) is 3.03. The van der Waals surface area contributed by atoms with Crippen LogP contribution in [0, 0.1) is 0 Å². The number of carbonyl (C=O) groups excluding carboxylic acids is 1. The Morgan fingerprint density at radius 1 is 1.33 bits per heavy atom. The standard InChI is InChI=1S/C14H17NO3/c1-3-11-6-7-13(18-11)14(16)15-10(2)9-12-5-4-8-17-12/h4-8,10H,3,9H2,1-2H3,(H,15,16)/t10-/m1/s1. The third-order valence-corrected chi connectivity index (χ3v) is 2.70. The summed E-state index contributed by atoms with van der Waals surface area (Å²) in [5.41, 5.74) is 0. The van der Waals surface area contributed by atoms with Crippen molar-refractivity contribution < 1.29 is 13.6 Å². The summed E-state index contributed by atoms with van der Waals surface area (Å²) in [5.74, 6) is 1.85. The molecule has 0 unspecified atom stereocenters. The predicted molar refractivity (Wildman–Crippen MR) is 67.4 cm³/mol. The maximum absolute atomic E-state index is 11.9. The molecule has 2 aromatic heterocycles. The number of hydrogen-bond donors (Lipinski definition) is 1. The minimum Gasteiger partial charge on any atom is -0.469 e. The average Bonchev–Trinajstić information content (AvgIpc) is 2.98. The monoisotopic (exact) mass is 247 g/mol. The van der Waals surface area contributed by atoms with E-state index in [9.17, 15) is 4.79 Å². The van der Waals surface area contributed by atoms with Crippen LogP contribution in [0.5, 0.6) is 0 Å². The first kappa shape index (κ1) is 12.5. The molecule has 1 amide bonds. The van der Waals surface area contributed by atoms with E-state index >= 15 is 0 Å².